The molecule has 5 nitrogen and oxygen atoms in total. The largest absolute Gasteiger partial charge is 0.434 e. The Hall–Kier alpha value is -1.83. The molecule has 1 N–H and O–H groups in total. The molecule has 1 aliphatic heterocycles. The van der Waals surface area contributed by atoms with Crippen molar-refractivity contribution >= 4 is 0 Å². The first kappa shape index (κ1) is 18.0. The van der Waals surface area contributed by atoms with Crippen LogP contribution in [0, 0.1) is 19.8 Å². The lowest BCUT2D eigenvalue weighted by Crippen LogP contribution is -2.30. The highest BCUT2D eigenvalue weighted by atomic mass is 19.4. The maximum Gasteiger partial charge on any atom is 0.434 e. The third-order valence-corrected chi connectivity index (χ3v) is 4.95. The van der Waals surface area contributed by atoms with E-state index in [1.54, 1.807) is 4.57 Å². The zero-order valence-electron chi connectivity index (χ0n) is 14.8. The SMILES string of the molecule is CCn1nc(C)c(CNC[C@@H]2CCc3nc(C(F)(F)F)cn3C2)c1C. The van der Waals surface area contributed by atoms with E-state index >= 15 is 0 Å². The van der Waals surface area contributed by atoms with Crippen molar-refractivity contribution in [1.29, 1.82) is 0 Å². The van der Waals surface area contributed by atoms with E-state index in [9.17, 15) is 13.2 Å². The second-order valence-corrected chi connectivity index (χ2v) is 6.69. The molecule has 3 heterocycles. The minimum atomic E-state index is -4.37. The Morgan fingerprint density at radius 3 is 2.72 bits per heavy atom. The Kier molecular flexibility index (Phi) is 4.90. The van der Waals surface area contributed by atoms with Gasteiger partial charge < -0.3 is 9.88 Å². The van der Waals surface area contributed by atoms with E-state index in [-0.39, 0.29) is 0 Å². The van der Waals surface area contributed by atoms with Gasteiger partial charge in [-0.05, 0) is 39.7 Å². The molecule has 0 aromatic carbocycles. The van der Waals surface area contributed by atoms with E-state index < -0.39 is 11.9 Å². The third-order valence-electron chi connectivity index (χ3n) is 4.95. The van der Waals surface area contributed by atoms with Gasteiger partial charge >= 0.3 is 6.18 Å². The van der Waals surface area contributed by atoms with Crippen LogP contribution in [-0.4, -0.2) is 25.9 Å². The molecule has 0 bridgehead atoms. The molecule has 25 heavy (non-hydrogen) atoms. The van der Waals surface area contributed by atoms with Crippen molar-refractivity contribution in [1.82, 2.24) is 24.6 Å². The zero-order chi connectivity index (χ0) is 18.2. The summed E-state index contributed by atoms with van der Waals surface area (Å²) in [6.07, 6.45) is -1.78. The molecule has 0 radical (unpaired) electrons. The quantitative estimate of drug-likeness (QED) is 0.897. The molecule has 0 spiro atoms. The topological polar surface area (TPSA) is 47.7 Å². The molecule has 3 rings (SSSR count). The van der Waals surface area contributed by atoms with E-state index in [1.165, 1.54) is 11.3 Å². The summed E-state index contributed by atoms with van der Waals surface area (Å²) < 4.78 is 42.0. The van der Waals surface area contributed by atoms with Gasteiger partial charge in [-0.25, -0.2) is 4.98 Å². The van der Waals surface area contributed by atoms with Crippen LogP contribution >= 0.6 is 0 Å². The summed E-state index contributed by atoms with van der Waals surface area (Å²) in [6.45, 7) is 9.08. The van der Waals surface area contributed by atoms with Crippen molar-refractivity contribution < 1.29 is 13.2 Å². The molecule has 138 valence electrons. The number of nitrogens with zero attached hydrogens (tertiary/aromatic N) is 4. The standard InChI is InChI=1S/C17H24F3N5/c1-4-25-12(3)14(11(2)23-25)8-21-7-13-5-6-16-22-15(17(18,19)20)10-24(16)9-13/h10,13,21H,4-9H2,1-3H3/t13-/m0/s1. The lowest BCUT2D eigenvalue weighted by Gasteiger charge is -2.24. The third kappa shape index (κ3) is 3.73. The second-order valence-electron chi connectivity index (χ2n) is 6.69. The molecule has 1 atom stereocenters. The number of hydrogen-bond donors (Lipinski definition) is 1. The Morgan fingerprint density at radius 2 is 2.08 bits per heavy atom. The summed E-state index contributed by atoms with van der Waals surface area (Å²) in [5.41, 5.74) is 2.62. The fourth-order valence-electron chi connectivity index (χ4n) is 3.52. The first-order chi connectivity index (χ1) is 11.8. The van der Waals surface area contributed by atoms with Crippen LogP contribution in [0.2, 0.25) is 0 Å². The van der Waals surface area contributed by atoms with Gasteiger partial charge in [0.2, 0.25) is 0 Å². The van der Waals surface area contributed by atoms with E-state index in [0.29, 0.717) is 24.7 Å². The predicted octanol–water partition coefficient (Wildman–Crippen LogP) is 3.09. The zero-order valence-corrected chi connectivity index (χ0v) is 14.8. The van der Waals surface area contributed by atoms with Crippen molar-refractivity contribution in [2.45, 2.75) is 59.4 Å². The minimum Gasteiger partial charge on any atom is -0.334 e. The van der Waals surface area contributed by atoms with Crippen LogP contribution in [0.3, 0.4) is 0 Å². The van der Waals surface area contributed by atoms with Crippen molar-refractivity contribution in [3.8, 4) is 0 Å². The molecule has 0 aliphatic carbocycles. The molecule has 2 aromatic rings. The van der Waals surface area contributed by atoms with Gasteiger partial charge in [-0.2, -0.15) is 18.3 Å². The van der Waals surface area contributed by atoms with E-state index in [2.05, 4.69) is 29.2 Å². The number of halogens is 3. The fraction of sp³-hybridized carbons (Fsp3) is 0.647. The summed E-state index contributed by atoms with van der Waals surface area (Å²) in [4.78, 5) is 3.73. The van der Waals surface area contributed by atoms with Gasteiger partial charge in [0.1, 0.15) is 5.82 Å². The van der Waals surface area contributed by atoms with Gasteiger partial charge in [0.15, 0.2) is 5.69 Å². The normalized spacial score (nSPS) is 17.8. The maximum atomic E-state index is 12.8. The molecular weight excluding hydrogens is 331 g/mol. The highest BCUT2D eigenvalue weighted by Crippen LogP contribution is 2.30. The van der Waals surface area contributed by atoms with Crippen molar-refractivity contribution in [3.63, 3.8) is 0 Å². The predicted molar refractivity (Wildman–Crippen MR) is 88.1 cm³/mol. The highest BCUT2D eigenvalue weighted by Gasteiger charge is 2.35. The van der Waals surface area contributed by atoms with Gasteiger partial charge in [0.05, 0.1) is 5.69 Å². The molecule has 0 saturated carbocycles. The number of fused-ring (bicyclic) bond motifs is 1. The van der Waals surface area contributed by atoms with E-state index in [4.69, 9.17) is 0 Å². The minimum absolute atomic E-state index is 0.310. The van der Waals surface area contributed by atoms with Crippen molar-refractivity contribution in [2.75, 3.05) is 6.54 Å². The molecular formula is C17H24F3N5. The number of aryl methyl sites for hydroxylation is 3. The average molecular weight is 355 g/mol. The van der Waals surface area contributed by atoms with Gasteiger partial charge in [-0.3, -0.25) is 4.68 Å². The lowest BCUT2D eigenvalue weighted by atomic mass is 9.99. The van der Waals surface area contributed by atoms with Crippen LogP contribution in [-0.2, 0) is 32.2 Å². The Balaban J connectivity index is 1.57. The monoisotopic (exact) mass is 355 g/mol. The summed E-state index contributed by atoms with van der Waals surface area (Å²) in [7, 11) is 0. The molecule has 2 aromatic heterocycles. The molecule has 0 unspecified atom stereocenters. The van der Waals surface area contributed by atoms with Gasteiger partial charge in [-0.1, -0.05) is 0 Å². The van der Waals surface area contributed by atoms with Crippen LogP contribution in [0.4, 0.5) is 13.2 Å². The number of aromatic nitrogens is 4. The lowest BCUT2D eigenvalue weighted by molar-refractivity contribution is -0.141. The molecule has 1 aliphatic rings. The number of nitrogens with one attached hydrogen (secondary N) is 1. The summed E-state index contributed by atoms with van der Waals surface area (Å²) in [6, 6.07) is 0. The first-order valence-electron chi connectivity index (χ1n) is 8.66. The van der Waals surface area contributed by atoms with E-state index in [1.807, 2.05) is 11.6 Å². The van der Waals surface area contributed by atoms with Crippen molar-refractivity contribution in [2.24, 2.45) is 5.92 Å². The van der Waals surface area contributed by atoms with Crippen LogP contribution in [0.1, 0.15) is 41.8 Å². The van der Waals surface area contributed by atoms with E-state index in [0.717, 1.165) is 37.9 Å². The van der Waals surface area contributed by atoms with Crippen LogP contribution in [0.5, 0.6) is 0 Å². The summed E-state index contributed by atoms with van der Waals surface area (Å²) >= 11 is 0. The number of rotatable bonds is 5. The molecule has 0 fully saturated rings. The first-order valence-corrected chi connectivity index (χ1v) is 8.66. The average Bonchev–Trinajstić information content (AvgIpc) is 3.09. The number of hydrogen-bond acceptors (Lipinski definition) is 3. The Bertz CT molecular complexity index is 744. The number of imidazole rings is 1. The maximum absolute atomic E-state index is 12.8. The smallest absolute Gasteiger partial charge is 0.334 e. The molecule has 0 saturated heterocycles. The van der Waals surface area contributed by atoms with Crippen LogP contribution in [0.15, 0.2) is 6.20 Å². The fourth-order valence-corrected chi connectivity index (χ4v) is 3.52. The van der Waals surface area contributed by atoms with Crippen molar-refractivity contribution in [3.05, 3.63) is 34.7 Å². The Labute approximate surface area is 145 Å². The second kappa shape index (κ2) is 6.82. The van der Waals surface area contributed by atoms with Gasteiger partial charge in [0.25, 0.3) is 0 Å². The van der Waals surface area contributed by atoms with Crippen LogP contribution < -0.4 is 5.32 Å². The molecule has 8 heteroatoms. The van der Waals surface area contributed by atoms with Crippen LogP contribution in [0.25, 0.3) is 0 Å². The van der Waals surface area contributed by atoms with Gasteiger partial charge in [0, 0.05) is 43.5 Å². The highest BCUT2D eigenvalue weighted by molar-refractivity contribution is 5.24. The Morgan fingerprint density at radius 1 is 1.32 bits per heavy atom. The summed E-state index contributed by atoms with van der Waals surface area (Å²) in [5.74, 6) is 0.851. The molecule has 0 amide bonds. The summed E-state index contributed by atoms with van der Waals surface area (Å²) in [5, 5.41) is 7.96. The number of alkyl halides is 3. The van der Waals surface area contributed by atoms with Gasteiger partial charge in [-0.15, -0.1) is 0 Å².